The van der Waals surface area contributed by atoms with Crippen LogP contribution in [0.25, 0.3) is 0 Å². The summed E-state index contributed by atoms with van der Waals surface area (Å²) in [5, 5.41) is 0. The van der Waals surface area contributed by atoms with Crippen molar-refractivity contribution in [2.75, 3.05) is 4.90 Å². The van der Waals surface area contributed by atoms with Gasteiger partial charge in [0, 0.05) is 18.2 Å². The second-order valence-corrected chi connectivity index (χ2v) is 5.71. The molecule has 110 valence electrons. The van der Waals surface area contributed by atoms with Gasteiger partial charge in [-0.2, -0.15) is 0 Å². The highest BCUT2D eigenvalue weighted by molar-refractivity contribution is 5.94. The third kappa shape index (κ3) is 3.94. The summed E-state index contributed by atoms with van der Waals surface area (Å²) in [5.41, 5.74) is 2.18. The third-order valence-electron chi connectivity index (χ3n) is 3.67. The van der Waals surface area contributed by atoms with Crippen LogP contribution in [0, 0.1) is 0 Å². The van der Waals surface area contributed by atoms with Crippen LogP contribution in [0.1, 0.15) is 38.7 Å². The van der Waals surface area contributed by atoms with E-state index in [1.165, 1.54) is 5.56 Å². The molecule has 0 N–H and O–H groups in total. The zero-order valence-electron chi connectivity index (χ0n) is 13.0. The summed E-state index contributed by atoms with van der Waals surface area (Å²) < 4.78 is 0. The van der Waals surface area contributed by atoms with Gasteiger partial charge < -0.3 is 4.90 Å². The van der Waals surface area contributed by atoms with Crippen molar-refractivity contribution in [3.63, 3.8) is 0 Å². The molecule has 1 atom stereocenters. The lowest BCUT2D eigenvalue weighted by Gasteiger charge is -2.28. The van der Waals surface area contributed by atoms with E-state index in [0.29, 0.717) is 6.42 Å². The van der Waals surface area contributed by atoms with Crippen LogP contribution >= 0.6 is 0 Å². The highest BCUT2D eigenvalue weighted by Crippen LogP contribution is 2.23. The Bertz CT molecular complexity index is 563. The van der Waals surface area contributed by atoms with Gasteiger partial charge in [0.15, 0.2) is 0 Å². The molecule has 2 aromatic rings. The average molecular weight is 281 g/mol. The normalized spacial score (nSPS) is 12.2. The third-order valence-corrected chi connectivity index (χ3v) is 3.67. The van der Waals surface area contributed by atoms with E-state index in [9.17, 15) is 4.79 Å². The standard InChI is InChI=1S/C19H23NO/c1-15(2)20(18-12-8-5-9-13-18)19(21)14-16(3)17-10-6-4-7-11-17/h4-13,15-16H,14H2,1-3H3. The number of anilines is 1. The van der Waals surface area contributed by atoms with Gasteiger partial charge in [0.25, 0.3) is 0 Å². The Morgan fingerprint density at radius 3 is 1.95 bits per heavy atom. The lowest BCUT2D eigenvalue weighted by atomic mass is 9.97. The first-order valence-corrected chi connectivity index (χ1v) is 7.51. The molecule has 0 radical (unpaired) electrons. The molecule has 2 nitrogen and oxygen atoms in total. The zero-order chi connectivity index (χ0) is 15.2. The van der Waals surface area contributed by atoms with Crippen LogP contribution in [-0.4, -0.2) is 11.9 Å². The van der Waals surface area contributed by atoms with Crippen molar-refractivity contribution < 1.29 is 4.79 Å². The van der Waals surface area contributed by atoms with E-state index in [2.05, 4.69) is 32.9 Å². The largest absolute Gasteiger partial charge is 0.310 e. The maximum Gasteiger partial charge on any atom is 0.227 e. The van der Waals surface area contributed by atoms with Crippen LogP contribution in [0.4, 0.5) is 5.69 Å². The molecule has 2 rings (SSSR count). The molecular weight excluding hydrogens is 258 g/mol. The lowest BCUT2D eigenvalue weighted by molar-refractivity contribution is -0.119. The number of benzene rings is 2. The van der Waals surface area contributed by atoms with Gasteiger partial charge in [-0.05, 0) is 37.5 Å². The van der Waals surface area contributed by atoms with Crippen molar-refractivity contribution in [3.05, 3.63) is 66.2 Å². The second kappa shape index (κ2) is 7.07. The van der Waals surface area contributed by atoms with Crippen LogP contribution < -0.4 is 4.90 Å². The van der Waals surface area contributed by atoms with E-state index in [-0.39, 0.29) is 17.9 Å². The predicted molar refractivity (Wildman–Crippen MR) is 88.5 cm³/mol. The van der Waals surface area contributed by atoms with Crippen LogP contribution in [0.2, 0.25) is 0 Å². The van der Waals surface area contributed by atoms with Gasteiger partial charge >= 0.3 is 0 Å². The van der Waals surface area contributed by atoms with Crippen molar-refractivity contribution in [3.8, 4) is 0 Å². The first kappa shape index (κ1) is 15.3. The molecule has 21 heavy (non-hydrogen) atoms. The molecule has 0 saturated carbocycles. The van der Waals surface area contributed by atoms with E-state index in [4.69, 9.17) is 0 Å². The number of carbonyl (C=O) groups is 1. The van der Waals surface area contributed by atoms with E-state index in [1.807, 2.05) is 53.4 Å². The maximum absolute atomic E-state index is 12.7. The van der Waals surface area contributed by atoms with Crippen LogP contribution in [0.15, 0.2) is 60.7 Å². The molecule has 0 aliphatic carbocycles. The Morgan fingerprint density at radius 2 is 1.43 bits per heavy atom. The molecule has 0 heterocycles. The average Bonchev–Trinajstić information content (AvgIpc) is 2.49. The van der Waals surface area contributed by atoms with E-state index in [1.54, 1.807) is 0 Å². The monoisotopic (exact) mass is 281 g/mol. The summed E-state index contributed by atoms with van der Waals surface area (Å²) in [4.78, 5) is 14.6. The zero-order valence-corrected chi connectivity index (χ0v) is 13.0. The molecule has 0 bridgehead atoms. The summed E-state index contributed by atoms with van der Waals surface area (Å²) in [6.45, 7) is 6.22. The minimum atomic E-state index is 0.155. The highest BCUT2D eigenvalue weighted by atomic mass is 16.2. The maximum atomic E-state index is 12.7. The van der Waals surface area contributed by atoms with E-state index >= 15 is 0 Å². The summed E-state index contributed by atoms with van der Waals surface area (Å²) in [7, 11) is 0. The van der Waals surface area contributed by atoms with Crippen molar-refractivity contribution in [2.24, 2.45) is 0 Å². The molecular formula is C19H23NO. The van der Waals surface area contributed by atoms with Crippen molar-refractivity contribution in [2.45, 2.75) is 39.2 Å². The fourth-order valence-corrected chi connectivity index (χ4v) is 2.58. The molecule has 0 saturated heterocycles. The molecule has 0 aliphatic rings. The first-order chi connectivity index (χ1) is 10.1. The smallest absolute Gasteiger partial charge is 0.227 e. The number of hydrogen-bond donors (Lipinski definition) is 0. The Labute approximate surface area is 127 Å². The number of nitrogens with zero attached hydrogens (tertiary/aromatic N) is 1. The Morgan fingerprint density at radius 1 is 0.905 bits per heavy atom. The molecule has 1 amide bonds. The second-order valence-electron chi connectivity index (χ2n) is 5.71. The van der Waals surface area contributed by atoms with Crippen LogP contribution in [0.3, 0.4) is 0 Å². The number of amides is 1. The van der Waals surface area contributed by atoms with Gasteiger partial charge in [-0.15, -0.1) is 0 Å². The minimum Gasteiger partial charge on any atom is -0.310 e. The SMILES string of the molecule is CC(CC(=O)N(c1ccccc1)C(C)C)c1ccccc1. The Kier molecular flexibility index (Phi) is 5.15. The highest BCUT2D eigenvalue weighted by Gasteiger charge is 2.21. The molecule has 2 heteroatoms. The van der Waals surface area contributed by atoms with Crippen molar-refractivity contribution in [1.29, 1.82) is 0 Å². The Hall–Kier alpha value is -2.09. The molecule has 1 unspecified atom stereocenters. The number of carbonyl (C=O) groups excluding carboxylic acids is 1. The number of hydrogen-bond acceptors (Lipinski definition) is 1. The van der Waals surface area contributed by atoms with Gasteiger partial charge in [-0.25, -0.2) is 0 Å². The fraction of sp³-hybridized carbons (Fsp3) is 0.316. The molecule has 0 aliphatic heterocycles. The lowest BCUT2D eigenvalue weighted by Crippen LogP contribution is -2.37. The summed E-state index contributed by atoms with van der Waals surface area (Å²) in [6, 6.07) is 20.3. The number of para-hydroxylation sites is 1. The molecule has 2 aromatic carbocycles. The van der Waals surface area contributed by atoms with Crippen molar-refractivity contribution >= 4 is 11.6 Å². The molecule has 0 fully saturated rings. The summed E-state index contributed by atoms with van der Waals surface area (Å²) >= 11 is 0. The van der Waals surface area contributed by atoms with Crippen LogP contribution in [0.5, 0.6) is 0 Å². The van der Waals surface area contributed by atoms with Gasteiger partial charge in [-0.3, -0.25) is 4.79 Å². The number of rotatable bonds is 5. The van der Waals surface area contributed by atoms with Gasteiger partial charge in [-0.1, -0.05) is 55.5 Å². The van der Waals surface area contributed by atoms with Gasteiger partial charge in [0.2, 0.25) is 5.91 Å². The van der Waals surface area contributed by atoms with Gasteiger partial charge in [0.1, 0.15) is 0 Å². The molecule has 0 spiro atoms. The van der Waals surface area contributed by atoms with Gasteiger partial charge in [0.05, 0.1) is 0 Å². The quantitative estimate of drug-likeness (QED) is 0.783. The summed E-state index contributed by atoms with van der Waals surface area (Å²) in [6.07, 6.45) is 0.525. The summed E-state index contributed by atoms with van der Waals surface area (Å²) in [5.74, 6) is 0.399. The molecule has 0 aromatic heterocycles. The predicted octanol–water partition coefficient (Wildman–Crippen LogP) is 4.62. The van der Waals surface area contributed by atoms with Crippen LogP contribution in [-0.2, 0) is 4.79 Å². The van der Waals surface area contributed by atoms with E-state index < -0.39 is 0 Å². The topological polar surface area (TPSA) is 20.3 Å². The minimum absolute atomic E-state index is 0.155. The fourth-order valence-electron chi connectivity index (χ4n) is 2.58. The Balaban J connectivity index is 2.13. The first-order valence-electron chi connectivity index (χ1n) is 7.51. The van der Waals surface area contributed by atoms with Crippen molar-refractivity contribution in [1.82, 2.24) is 0 Å². The van der Waals surface area contributed by atoms with E-state index in [0.717, 1.165) is 5.69 Å².